The molecule has 21 heavy (non-hydrogen) atoms. The van der Waals surface area contributed by atoms with Crippen LogP contribution in [0.1, 0.15) is 42.6 Å². The van der Waals surface area contributed by atoms with Gasteiger partial charge in [0.25, 0.3) is 0 Å². The van der Waals surface area contributed by atoms with Crippen molar-refractivity contribution < 1.29 is 8.78 Å². The molecule has 0 bridgehead atoms. The molecule has 0 aliphatic rings. The van der Waals surface area contributed by atoms with Crippen LogP contribution in [0.15, 0.2) is 42.5 Å². The minimum atomic E-state index is -0.579. The summed E-state index contributed by atoms with van der Waals surface area (Å²) in [4.78, 5) is 0. The van der Waals surface area contributed by atoms with Crippen molar-refractivity contribution >= 4 is 0 Å². The van der Waals surface area contributed by atoms with Crippen molar-refractivity contribution in [2.75, 3.05) is 0 Å². The molecule has 2 aromatic carbocycles. The lowest BCUT2D eigenvalue weighted by Crippen LogP contribution is -2.22. The van der Waals surface area contributed by atoms with Crippen molar-refractivity contribution in [3.05, 3.63) is 70.8 Å². The highest BCUT2D eigenvalue weighted by Gasteiger charge is 2.13. The molecule has 0 fully saturated rings. The molecule has 0 saturated heterocycles. The molecule has 2 aromatic rings. The van der Waals surface area contributed by atoms with Gasteiger partial charge < -0.3 is 5.32 Å². The molecule has 2 unspecified atom stereocenters. The molecule has 4 heteroatoms. The summed E-state index contributed by atoms with van der Waals surface area (Å²) in [6.07, 6.45) is 0. The Bertz CT molecular complexity index is 639. The van der Waals surface area contributed by atoms with Gasteiger partial charge in [-0.25, -0.2) is 8.78 Å². The topological polar surface area (TPSA) is 35.8 Å². The Morgan fingerprint density at radius 3 is 1.95 bits per heavy atom. The standard InChI is InChI=1S/C17H16F2N2/c1-11(14-5-3-13(10-20)4-6-14)21-12(2)15-7-16(18)9-17(19)8-15/h3-9,11-12,21H,1-2H3. The van der Waals surface area contributed by atoms with Gasteiger partial charge in [-0.1, -0.05) is 12.1 Å². The van der Waals surface area contributed by atoms with Crippen LogP contribution in [-0.4, -0.2) is 0 Å². The number of hydrogen-bond donors (Lipinski definition) is 1. The van der Waals surface area contributed by atoms with Gasteiger partial charge in [0.2, 0.25) is 0 Å². The van der Waals surface area contributed by atoms with Crippen LogP contribution >= 0.6 is 0 Å². The first-order chi connectivity index (χ1) is 9.99. The Labute approximate surface area is 123 Å². The van der Waals surface area contributed by atoms with E-state index in [-0.39, 0.29) is 12.1 Å². The summed E-state index contributed by atoms with van der Waals surface area (Å²) in [7, 11) is 0. The van der Waals surface area contributed by atoms with Crippen molar-refractivity contribution in [1.29, 1.82) is 5.26 Å². The van der Waals surface area contributed by atoms with E-state index in [1.807, 2.05) is 26.0 Å². The second-order valence-corrected chi connectivity index (χ2v) is 5.05. The van der Waals surface area contributed by atoms with Gasteiger partial charge in [-0.3, -0.25) is 0 Å². The van der Waals surface area contributed by atoms with E-state index in [2.05, 4.69) is 11.4 Å². The van der Waals surface area contributed by atoms with Crippen molar-refractivity contribution in [3.8, 4) is 6.07 Å². The predicted molar refractivity (Wildman–Crippen MR) is 77.5 cm³/mol. The average molecular weight is 286 g/mol. The van der Waals surface area contributed by atoms with Gasteiger partial charge in [0.1, 0.15) is 11.6 Å². The molecular weight excluding hydrogens is 270 g/mol. The van der Waals surface area contributed by atoms with Crippen LogP contribution in [-0.2, 0) is 0 Å². The molecule has 0 aliphatic heterocycles. The molecule has 0 radical (unpaired) electrons. The van der Waals surface area contributed by atoms with Crippen LogP contribution in [0.25, 0.3) is 0 Å². The first-order valence-corrected chi connectivity index (χ1v) is 6.71. The fourth-order valence-corrected chi connectivity index (χ4v) is 2.24. The second kappa shape index (κ2) is 6.47. The van der Waals surface area contributed by atoms with Crippen molar-refractivity contribution in [2.45, 2.75) is 25.9 Å². The van der Waals surface area contributed by atoms with E-state index in [0.717, 1.165) is 11.6 Å². The molecule has 0 heterocycles. The molecule has 2 atom stereocenters. The molecule has 0 aliphatic carbocycles. The second-order valence-electron chi connectivity index (χ2n) is 5.05. The van der Waals surface area contributed by atoms with Gasteiger partial charge in [-0.2, -0.15) is 5.26 Å². The Morgan fingerprint density at radius 1 is 0.905 bits per heavy atom. The van der Waals surface area contributed by atoms with Crippen LogP contribution < -0.4 is 5.32 Å². The van der Waals surface area contributed by atoms with Crippen LogP contribution in [0.2, 0.25) is 0 Å². The van der Waals surface area contributed by atoms with Crippen LogP contribution in [0.5, 0.6) is 0 Å². The van der Waals surface area contributed by atoms with Gasteiger partial charge in [0.15, 0.2) is 0 Å². The average Bonchev–Trinajstić information content (AvgIpc) is 2.46. The number of halogens is 2. The minimum absolute atomic E-state index is 0.000860. The first kappa shape index (κ1) is 15.1. The van der Waals surface area contributed by atoms with E-state index in [0.29, 0.717) is 11.1 Å². The molecule has 0 aromatic heterocycles. The number of hydrogen-bond acceptors (Lipinski definition) is 2. The summed E-state index contributed by atoms with van der Waals surface area (Å²) < 4.78 is 26.5. The third kappa shape index (κ3) is 3.87. The number of benzene rings is 2. The fraction of sp³-hybridized carbons (Fsp3) is 0.235. The molecule has 2 rings (SSSR count). The summed E-state index contributed by atoms with van der Waals surface area (Å²) in [5.41, 5.74) is 2.18. The smallest absolute Gasteiger partial charge is 0.126 e. The summed E-state index contributed by atoms with van der Waals surface area (Å²) in [5, 5.41) is 12.1. The van der Waals surface area contributed by atoms with Gasteiger partial charge in [0.05, 0.1) is 11.6 Å². The molecule has 0 spiro atoms. The van der Waals surface area contributed by atoms with Gasteiger partial charge in [0, 0.05) is 18.2 Å². The zero-order chi connectivity index (χ0) is 15.4. The maximum Gasteiger partial charge on any atom is 0.126 e. The van der Waals surface area contributed by atoms with Crippen LogP contribution in [0.4, 0.5) is 8.78 Å². The van der Waals surface area contributed by atoms with Gasteiger partial charge in [-0.15, -0.1) is 0 Å². The molecule has 0 saturated carbocycles. The number of nitriles is 1. The number of nitrogens with one attached hydrogen (secondary N) is 1. The summed E-state index contributed by atoms with van der Waals surface area (Å²) >= 11 is 0. The first-order valence-electron chi connectivity index (χ1n) is 6.71. The lowest BCUT2D eigenvalue weighted by Gasteiger charge is -2.21. The van der Waals surface area contributed by atoms with Crippen molar-refractivity contribution in [1.82, 2.24) is 5.32 Å². The maximum atomic E-state index is 13.2. The number of rotatable bonds is 4. The Balaban J connectivity index is 2.10. The van der Waals surface area contributed by atoms with E-state index >= 15 is 0 Å². The molecule has 1 N–H and O–H groups in total. The SMILES string of the molecule is CC(NC(C)c1cc(F)cc(F)c1)c1ccc(C#N)cc1. The Hall–Kier alpha value is -2.25. The minimum Gasteiger partial charge on any atom is -0.304 e. The lowest BCUT2D eigenvalue weighted by molar-refractivity contribution is 0.487. The van der Waals surface area contributed by atoms with E-state index < -0.39 is 11.6 Å². The highest BCUT2D eigenvalue weighted by molar-refractivity contribution is 5.33. The molecule has 2 nitrogen and oxygen atoms in total. The van der Waals surface area contributed by atoms with E-state index in [9.17, 15) is 8.78 Å². The monoisotopic (exact) mass is 286 g/mol. The predicted octanol–water partition coefficient (Wildman–Crippen LogP) is 4.25. The maximum absolute atomic E-state index is 13.2. The number of nitrogens with zero attached hydrogens (tertiary/aromatic N) is 1. The summed E-state index contributed by atoms with van der Waals surface area (Å²) in [6.45, 7) is 3.82. The highest BCUT2D eigenvalue weighted by Crippen LogP contribution is 2.21. The van der Waals surface area contributed by atoms with Crippen LogP contribution in [0, 0.1) is 23.0 Å². The van der Waals surface area contributed by atoms with Gasteiger partial charge >= 0.3 is 0 Å². The zero-order valence-corrected chi connectivity index (χ0v) is 11.9. The fourth-order valence-electron chi connectivity index (χ4n) is 2.24. The quantitative estimate of drug-likeness (QED) is 0.912. The van der Waals surface area contributed by atoms with Gasteiger partial charge in [-0.05, 0) is 49.2 Å². The summed E-state index contributed by atoms with van der Waals surface area (Å²) in [6, 6.07) is 12.6. The summed E-state index contributed by atoms with van der Waals surface area (Å²) in [5.74, 6) is -1.16. The highest BCUT2D eigenvalue weighted by atomic mass is 19.1. The zero-order valence-electron chi connectivity index (χ0n) is 11.9. The Morgan fingerprint density at radius 2 is 1.43 bits per heavy atom. The van der Waals surface area contributed by atoms with Crippen LogP contribution in [0.3, 0.4) is 0 Å². The normalized spacial score (nSPS) is 13.5. The lowest BCUT2D eigenvalue weighted by atomic mass is 10.0. The van der Waals surface area contributed by atoms with Crippen molar-refractivity contribution in [2.24, 2.45) is 0 Å². The largest absolute Gasteiger partial charge is 0.304 e. The molecule has 0 amide bonds. The van der Waals surface area contributed by atoms with Crippen molar-refractivity contribution in [3.63, 3.8) is 0 Å². The molecular formula is C17H16F2N2. The third-order valence-corrected chi connectivity index (χ3v) is 3.42. The van der Waals surface area contributed by atoms with E-state index in [1.54, 1.807) is 12.1 Å². The molecule has 108 valence electrons. The van der Waals surface area contributed by atoms with E-state index in [1.165, 1.54) is 12.1 Å². The Kier molecular flexibility index (Phi) is 4.66. The third-order valence-electron chi connectivity index (χ3n) is 3.42. The van der Waals surface area contributed by atoms with E-state index in [4.69, 9.17) is 5.26 Å².